The molecule has 1 aliphatic rings. The molecule has 2 rings (SSSR count). The van der Waals surface area contributed by atoms with Crippen molar-refractivity contribution in [3.63, 3.8) is 0 Å². The van der Waals surface area contributed by atoms with Gasteiger partial charge in [-0.05, 0) is 30.9 Å². The number of hydrogen-bond donors (Lipinski definition) is 2. The highest BCUT2D eigenvalue weighted by atomic mass is 35.5. The van der Waals surface area contributed by atoms with E-state index >= 15 is 0 Å². The minimum absolute atomic E-state index is 0.00975. The number of aromatic nitrogens is 2. The van der Waals surface area contributed by atoms with E-state index in [0.717, 1.165) is 18.8 Å². The highest BCUT2D eigenvalue weighted by molar-refractivity contribution is 7.89. The van der Waals surface area contributed by atoms with Crippen molar-refractivity contribution in [2.24, 2.45) is 0 Å². The number of hydrogen-bond acceptors (Lipinski definition) is 5. The van der Waals surface area contributed by atoms with Crippen LogP contribution in [0.15, 0.2) is 17.3 Å². The fourth-order valence-corrected chi connectivity index (χ4v) is 3.12. The molecule has 1 aromatic rings. The molecule has 17 heavy (non-hydrogen) atoms. The summed E-state index contributed by atoms with van der Waals surface area (Å²) in [6.45, 7) is -0.208. The Bertz CT molecular complexity index is 493. The Morgan fingerprint density at radius 3 is 2.41 bits per heavy atom. The highest BCUT2D eigenvalue weighted by Crippen LogP contribution is 2.32. The Morgan fingerprint density at radius 1 is 1.41 bits per heavy atom. The van der Waals surface area contributed by atoms with Gasteiger partial charge in [0.2, 0.25) is 15.3 Å². The summed E-state index contributed by atoms with van der Waals surface area (Å²) < 4.78 is 26.4. The van der Waals surface area contributed by atoms with Gasteiger partial charge in [-0.2, -0.15) is 0 Å². The lowest BCUT2D eigenvalue weighted by atomic mass is 9.78. The van der Waals surface area contributed by atoms with Gasteiger partial charge in [0.1, 0.15) is 4.90 Å². The van der Waals surface area contributed by atoms with Gasteiger partial charge >= 0.3 is 0 Å². The standard InChI is InChI=1S/C9H12ClN3O3S/c10-8-11-4-7(5-12-8)17(15,16)13-9(6-14)2-1-3-9/h4-5,13-14H,1-3,6H2. The molecule has 0 aromatic carbocycles. The van der Waals surface area contributed by atoms with Gasteiger partial charge in [0.15, 0.2) is 0 Å². The zero-order valence-electron chi connectivity index (χ0n) is 8.93. The molecule has 1 saturated carbocycles. The van der Waals surface area contributed by atoms with E-state index in [0.29, 0.717) is 12.8 Å². The lowest BCUT2D eigenvalue weighted by Gasteiger charge is -2.40. The number of halogens is 1. The van der Waals surface area contributed by atoms with Crippen molar-refractivity contribution in [1.29, 1.82) is 0 Å². The maximum Gasteiger partial charge on any atom is 0.244 e. The van der Waals surface area contributed by atoms with Crippen LogP contribution in [0.25, 0.3) is 0 Å². The van der Waals surface area contributed by atoms with Gasteiger partial charge in [-0.25, -0.2) is 23.1 Å². The van der Waals surface area contributed by atoms with Crippen LogP contribution >= 0.6 is 11.6 Å². The van der Waals surface area contributed by atoms with Crippen LogP contribution in [0, 0.1) is 0 Å². The van der Waals surface area contributed by atoms with Crippen molar-refractivity contribution in [1.82, 2.24) is 14.7 Å². The Kier molecular flexibility index (Phi) is 3.35. The topological polar surface area (TPSA) is 92.2 Å². The van der Waals surface area contributed by atoms with E-state index in [1.165, 1.54) is 0 Å². The van der Waals surface area contributed by atoms with Gasteiger partial charge in [-0.15, -0.1) is 0 Å². The molecule has 1 heterocycles. The Hall–Kier alpha value is -0.760. The molecule has 1 aliphatic carbocycles. The quantitative estimate of drug-likeness (QED) is 0.774. The first-order chi connectivity index (χ1) is 7.97. The normalized spacial score (nSPS) is 18.7. The van der Waals surface area contributed by atoms with Gasteiger partial charge in [0.05, 0.1) is 24.5 Å². The average molecular weight is 278 g/mol. The number of rotatable bonds is 4. The molecular formula is C9H12ClN3O3S. The zero-order valence-corrected chi connectivity index (χ0v) is 10.5. The summed E-state index contributed by atoms with van der Waals surface area (Å²) in [6, 6.07) is 0. The molecule has 0 radical (unpaired) electrons. The van der Waals surface area contributed by atoms with E-state index in [1.54, 1.807) is 0 Å². The summed E-state index contributed by atoms with van der Waals surface area (Å²) in [5.41, 5.74) is -0.724. The summed E-state index contributed by atoms with van der Waals surface area (Å²) in [4.78, 5) is 7.18. The highest BCUT2D eigenvalue weighted by Gasteiger charge is 2.40. The fraction of sp³-hybridized carbons (Fsp3) is 0.556. The predicted octanol–water partition coefficient (Wildman–Crippen LogP) is 0.323. The molecule has 1 fully saturated rings. The van der Waals surface area contributed by atoms with Crippen LogP contribution in [-0.4, -0.2) is 35.6 Å². The molecule has 1 aromatic heterocycles. The Labute approximate surface area is 104 Å². The van der Waals surface area contributed by atoms with Gasteiger partial charge in [0, 0.05) is 0 Å². The van der Waals surface area contributed by atoms with Crippen molar-refractivity contribution < 1.29 is 13.5 Å². The number of aliphatic hydroxyl groups excluding tert-OH is 1. The van der Waals surface area contributed by atoms with Crippen LogP contribution < -0.4 is 4.72 Å². The van der Waals surface area contributed by atoms with Crippen LogP contribution in [0.2, 0.25) is 5.28 Å². The van der Waals surface area contributed by atoms with Crippen molar-refractivity contribution >= 4 is 21.6 Å². The number of nitrogens with zero attached hydrogens (tertiary/aromatic N) is 2. The number of sulfonamides is 1. The van der Waals surface area contributed by atoms with Crippen molar-refractivity contribution in [2.45, 2.75) is 29.7 Å². The summed E-state index contributed by atoms with van der Waals surface area (Å²) in [6.07, 6.45) is 4.46. The van der Waals surface area contributed by atoms with E-state index in [1.807, 2.05) is 0 Å². The largest absolute Gasteiger partial charge is 0.394 e. The molecule has 0 aliphatic heterocycles. The minimum atomic E-state index is -3.70. The molecular weight excluding hydrogens is 266 g/mol. The van der Waals surface area contributed by atoms with Crippen molar-refractivity contribution in [2.75, 3.05) is 6.61 Å². The second-order valence-corrected chi connectivity index (χ2v) is 6.11. The Balaban J connectivity index is 2.22. The summed E-state index contributed by atoms with van der Waals surface area (Å²) in [5.74, 6) is 0. The molecule has 0 amide bonds. The first kappa shape index (κ1) is 12.7. The van der Waals surface area contributed by atoms with Crippen molar-refractivity contribution in [3.05, 3.63) is 17.7 Å². The predicted molar refractivity (Wildman–Crippen MR) is 61.0 cm³/mol. The van der Waals surface area contributed by atoms with Crippen LogP contribution in [0.3, 0.4) is 0 Å². The molecule has 2 N–H and O–H groups in total. The molecule has 0 bridgehead atoms. The van der Waals surface area contributed by atoms with Gasteiger partial charge in [-0.1, -0.05) is 0 Å². The SMILES string of the molecule is O=S(=O)(NC1(CO)CCC1)c1cnc(Cl)nc1. The van der Waals surface area contributed by atoms with E-state index in [4.69, 9.17) is 11.6 Å². The smallest absolute Gasteiger partial charge is 0.244 e. The van der Waals surface area contributed by atoms with Crippen LogP contribution in [-0.2, 0) is 10.0 Å². The molecule has 0 spiro atoms. The van der Waals surface area contributed by atoms with Gasteiger partial charge < -0.3 is 5.11 Å². The third kappa shape index (κ3) is 2.57. The van der Waals surface area contributed by atoms with Crippen molar-refractivity contribution in [3.8, 4) is 0 Å². The lowest BCUT2D eigenvalue weighted by Crippen LogP contribution is -2.55. The second-order valence-electron chi connectivity index (χ2n) is 4.09. The second kappa shape index (κ2) is 4.49. The molecule has 6 nitrogen and oxygen atoms in total. The van der Waals surface area contributed by atoms with E-state index in [9.17, 15) is 13.5 Å². The zero-order chi connectivity index (χ0) is 12.5. The number of nitrogens with one attached hydrogen (secondary N) is 1. The third-order valence-corrected chi connectivity index (χ3v) is 4.60. The molecule has 8 heteroatoms. The summed E-state index contributed by atoms with van der Waals surface area (Å²) in [5, 5.41) is 9.20. The van der Waals surface area contributed by atoms with E-state index in [2.05, 4.69) is 14.7 Å². The maximum atomic E-state index is 12.0. The molecule has 0 unspecified atom stereocenters. The van der Waals surface area contributed by atoms with Gasteiger partial charge in [-0.3, -0.25) is 0 Å². The van der Waals surface area contributed by atoms with Crippen LogP contribution in [0.4, 0.5) is 0 Å². The van der Waals surface area contributed by atoms with Crippen LogP contribution in [0.1, 0.15) is 19.3 Å². The van der Waals surface area contributed by atoms with Gasteiger partial charge in [0.25, 0.3) is 0 Å². The number of aliphatic hydroxyl groups is 1. The average Bonchev–Trinajstić information content (AvgIpc) is 2.24. The fourth-order valence-electron chi connectivity index (χ4n) is 1.68. The third-order valence-electron chi connectivity index (χ3n) is 2.87. The molecule has 0 atom stereocenters. The maximum absolute atomic E-state index is 12.0. The van der Waals surface area contributed by atoms with Crippen LogP contribution in [0.5, 0.6) is 0 Å². The van der Waals surface area contributed by atoms with E-state index in [-0.39, 0.29) is 16.8 Å². The minimum Gasteiger partial charge on any atom is -0.394 e. The lowest BCUT2D eigenvalue weighted by molar-refractivity contribution is 0.110. The Morgan fingerprint density at radius 2 is 2.00 bits per heavy atom. The first-order valence-corrected chi connectivity index (χ1v) is 6.96. The summed E-state index contributed by atoms with van der Waals surface area (Å²) in [7, 11) is -3.70. The molecule has 0 saturated heterocycles. The first-order valence-electron chi connectivity index (χ1n) is 5.10. The monoisotopic (exact) mass is 277 g/mol. The van der Waals surface area contributed by atoms with E-state index < -0.39 is 15.6 Å². The summed E-state index contributed by atoms with van der Waals surface area (Å²) >= 11 is 5.48. The molecule has 94 valence electrons.